The summed E-state index contributed by atoms with van der Waals surface area (Å²) in [5.41, 5.74) is 6.52. The van der Waals surface area contributed by atoms with E-state index < -0.39 is 23.0 Å². The van der Waals surface area contributed by atoms with Gasteiger partial charge in [-0.15, -0.1) is 0 Å². The fourth-order valence-electron chi connectivity index (χ4n) is 3.47. The van der Waals surface area contributed by atoms with Crippen LogP contribution in [0.25, 0.3) is 0 Å². The van der Waals surface area contributed by atoms with Gasteiger partial charge in [-0.25, -0.2) is 9.18 Å². The van der Waals surface area contributed by atoms with Crippen LogP contribution in [0.1, 0.15) is 30.9 Å². The summed E-state index contributed by atoms with van der Waals surface area (Å²) in [6, 6.07) is 13.8. The van der Waals surface area contributed by atoms with Gasteiger partial charge in [0.05, 0.1) is 18.8 Å². The van der Waals surface area contributed by atoms with Gasteiger partial charge in [-0.05, 0) is 36.6 Å². The Balaban J connectivity index is 1.93. The zero-order valence-corrected chi connectivity index (χ0v) is 18.7. The van der Waals surface area contributed by atoms with Crippen molar-refractivity contribution in [1.29, 1.82) is 0 Å². The SMILES string of the molecule is CCCCN(C(=O)CNc1ccc(C)cc1F)c1c(N)n(Cc2ccccc2)c(=O)[nH]c1=O. The number of nitrogens with zero attached hydrogens (tertiary/aromatic N) is 2. The number of amides is 1. The van der Waals surface area contributed by atoms with Crippen LogP contribution in [-0.2, 0) is 11.3 Å². The lowest BCUT2D eigenvalue weighted by molar-refractivity contribution is -0.117. The van der Waals surface area contributed by atoms with Crippen LogP contribution in [0.3, 0.4) is 0 Å². The molecule has 0 unspecified atom stereocenters. The number of carbonyl (C=O) groups is 1. The number of nitrogens with two attached hydrogens (primary N) is 1. The summed E-state index contributed by atoms with van der Waals surface area (Å²) in [6.07, 6.45) is 1.38. The minimum absolute atomic E-state index is 0.0878. The molecule has 0 aliphatic carbocycles. The van der Waals surface area contributed by atoms with Gasteiger partial charge in [0, 0.05) is 6.54 Å². The van der Waals surface area contributed by atoms with E-state index >= 15 is 0 Å². The normalized spacial score (nSPS) is 10.8. The maximum absolute atomic E-state index is 14.2. The van der Waals surface area contributed by atoms with Gasteiger partial charge in [-0.2, -0.15) is 0 Å². The first-order valence-corrected chi connectivity index (χ1v) is 10.8. The molecular formula is C24H28FN5O3. The molecule has 2 aromatic carbocycles. The lowest BCUT2D eigenvalue weighted by atomic mass is 10.2. The van der Waals surface area contributed by atoms with Gasteiger partial charge in [0.25, 0.3) is 5.56 Å². The van der Waals surface area contributed by atoms with Gasteiger partial charge in [0.2, 0.25) is 5.91 Å². The van der Waals surface area contributed by atoms with E-state index in [4.69, 9.17) is 5.73 Å². The number of aromatic nitrogens is 2. The van der Waals surface area contributed by atoms with Crippen molar-refractivity contribution in [3.05, 3.63) is 86.3 Å². The number of halogens is 1. The molecule has 1 heterocycles. The number of benzene rings is 2. The van der Waals surface area contributed by atoms with Crippen LogP contribution in [0.5, 0.6) is 0 Å². The Morgan fingerprint density at radius 3 is 2.58 bits per heavy atom. The maximum Gasteiger partial charge on any atom is 0.330 e. The van der Waals surface area contributed by atoms with Crippen LogP contribution in [0.15, 0.2) is 58.1 Å². The molecule has 1 aromatic heterocycles. The van der Waals surface area contributed by atoms with E-state index in [0.29, 0.717) is 6.42 Å². The largest absolute Gasteiger partial charge is 0.383 e. The minimum atomic E-state index is -0.743. The number of carbonyl (C=O) groups excluding carboxylic acids is 1. The molecule has 8 nitrogen and oxygen atoms in total. The number of rotatable bonds is 9. The Morgan fingerprint density at radius 1 is 1.18 bits per heavy atom. The smallest absolute Gasteiger partial charge is 0.330 e. The molecular weight excluding hydrogens is 425 g/mol. The van der Waals surface area contributed by atoms with Gasteiger partial charge in [-0.1, -0.05) is 49.7 Å². The maximum atomic E-state index is 14.2. The van der Waals surface area contributed by atoms with E-state index in [0.717, 1.165) is 17.5 Å². The second kappa shape index (κ2) is 10.6. The van der Waals surface area contributed by atoms with Crippen LogP contribution in [0.2, 0.25) is 0 Å². The van der Waals surface area contributed by atoms with Gasteiger partial charge in [0.1, 0.15) is 11.6 Å². The van der Waals surface area contributed by atoms with Crippen molar-refractivity contribution >= 4 is 23.1 Å². The van der Waals surface area contributed by atoms with Crippen LogP contribution in [0, 0.1) is 12.7 Å². The Kier molecular flexibility index (Phi) is 7.66. The monoisotopic (exact) mass is 453 g/mol. The lowest BCUT2D eigenvalue weighted by Crippen LogP contribution is -2.43. The molecule has 0 bridgehead atoms. The molecule has 0 spiro atoms. The molecule has 33 heavy (non-hydrogen) atoms. The molecule has 174 valence electrons. The molecule has 0 saturated heterocycles. The van der Waals surface area contributed by atoms with E-state index in [1.54, 1.807) is 19.1 Å². The number of anilines is 3. The number of hydrogen-bond acceptors (Lipinski definition) is 5. The second-order valence-electron chi connectivity index (χ2n) is 7.80. The Morgan fingerprint density at radius 2 is 1.91 bits per heavy atom. The van der Waals surface area contributed by atoms with Crippen molar-refractivity contribution in [2.75, 3.05) is 29.0 Å². The van der Waals surface area contributed by atoms with Gasteiger partial charge in [-0.3, -0.25) is 19.1 Å². The van der Waals surface area contributed by atoms with Crippen LogP contribution < -0.4 is 27.2 Å². The van der Waals surface area contributed by atoms with E-state index in [9.17, 15) is 18.8 Å². The average Bonchev–Trinajstić information content (AvgIpc) is 2.78. The molecule has 0 fully saturated rings. The fraction of sp³-hybridized carbons (Fsp3) is 0.292. The number of nitrogens with one attached hydrogen (secondary N) is 2. The Hall–Kier alpha value is -3.88. The summed E-state index contributed by atoms with van der Waals surface area (Å²) >= 11 is 0. The fourth-order valence-corrected chi connectivity index (χ4v) is 3.47. The van der Waals surface area contributed by atoms with Gasteiger partial charge in [0.15, 0.2) is 5.69 Å². The highest BCUT2D eigenvalue weighted by atomic mass is 19.1. The van der Waals surface area contributed by atoms with Crippen LogP contribution >= 0.6 is 0 Å². The van der Waals surface area contributed by atoms with Crippen molar-refractivity contribution in [1.82, 2.24) is 9.55 Å². The second-order valence-corrected chi connectivity index (χ2v) is 7.80. The topological polar surface area (TPSA) is 113 Å². The number of aromatic amines is 1. The third-order valence-electron chi connectivity index (χ3n) is 5.26. The van der Waals surface area contributed by atoms with Crippen LogP contribution in [0.4, 0.5) is 21.6 Å². The zero-order chi connectivity index (χ0) is 24.0. The van der Waals surface area contributed by atoms with Crippen molar-refractivity contribution in [2.24, 2.45) is 0 Å². The molecule has 3 rings (SSSR count). The molecule has 4 N–H and O–H groups in total. The minimum Gasteiger partial charge on any atom is -0.383 e. The lowest BCUT2D eigenvalue weighted by Gasteiger charge is -2.25. The Bertz CT molecular complexity index is 1240. The zero-order valence-electron chi connectivity index (χ0n) is 18.7. The molecule has 0 aliphatic rings. The first-order chi connectivity index (χ1) is 15.8. The molecule has 0 radical (unpaired) electrons. The van der Waals surface area contributed by atoms with Crippen molar-refractivity contribution in [3.63, 3.8) is 0 Å². The number of unbranched alkanes of at least 4 members (excludes halogenated alkanes) is 1. The van der Waals surface area contributed by atoms with E-state index in [1.807, 2.05) is 37.3 Å². The van der Waals surface area contributed by atoms with E-state index in [1.165, 1.54) is 15.5 Å². The van der Waals surface area contributed by atoms with Gasteiger partial charge >= 0.3 is 5.69 Å². The number of hydrogen-bond donors (Lipinski definition) is 3. The summed E-state index contributed by atoms with van der Waals surface area (Å²) < 4.78 is 15.4. The quantitative estimate of drug-likeness (QED) is 0.461. The number of nitrogen functional groups attached to an aromatic ring is 1. The van der Waals surface area contributed by atoms with Crippen molar-refractivity contribution in [2.45, 2.75) is 33.2 Å². The standard InChI is InChI=1S/C24H28FN5O3/c1-3-4-12-29(20(31)14-27-19-11-10-16(2)13-18(19)25)21-22(26)30(24(33)28-23(21)32)15-17-8-6-5-7-9-17/h5-11,13,27H,3-4,12,14-15,26H2,1-2H3,(H,28,32,33). The summed E-state index contributed by atoms with van der Waals surface area (Å²) in [7, 11) is 0. The molecule has 0 atom stereocenters. The predicted molar refractivity (Wildman–Crippen MR) is 128 cm³/mol. The third-order valence-corrected chi connectivity index (χ3v) is 5.26. The summed E-state index contributed by atoms with van der Waals surface area (Å²) in [5.74, 6) is -1.04. The van der Waals surface area contributed by atoms with E-state index in [2.05, 4.69) is 10.3 Å². The molecule has 0 saturated carbocycles. The van der Waals surface area contributed by atoms with Gasteiger partial charge < -0.3 is 16.0 Å². The molecule has 0 aliphatic heterocycles. The summed E-state index contributed by atoms with van der Waals surface area (Å²) in [4.78, 5) is 41.8. The highest BCUT2D eigenvalue weighted by molar-refractivity contribution is 5.98. The third kappa shape index (κ3) is 5.68. The molecule has 9 heteroatoms. The number of aryl methyl sites for hydroxylation is 1. The first kappa shape index (κ1) is 23.8. The van der Waals surface area contributed by atoms with E-state index in [-0.39, 0.29) is 36.8 Å². The summed E-state index contributed by atoms with van der Waals surface area (Å²) in [6.45, 7) is 3.83. The van der Waals surface area contributed by atoms with Crippen molar-refractivity contribution < 1.29 is 9.18 Å². The first-order valence-electron chi connectivity index (χ1n) is 10.8. The molecule has 1 amide bonds. The van der Waals surface area contributed by atoms with Crippen LogP contribution in [-0.4, -0.2) is 28.5 Å². The number of H-pyrrole nitrogens is 1. The Labute approximate surface area is 190 Å². The highest BCUT2D eigenvalue weighted by Crippen LogP contribution is 2.20. The molecule has 3 aromatic rings. The highest BCUT2D eigenvalue weighted by Gasteiger charge is 2.24. The average molecular weight is 454 g/mol. The van der Waals surface area contributed by atoms with Crippen molar-refractivity contribution in [3.8, 4) is 0 Å². The summed E-state index contributed by atoms with van der Waals surface area (Å²) in [5, 5.41) is 2.78. The predicted octanol–water partition coefficient (Wildman–Crippen LogP) is 2.86.